The second kappa shape index (κ2) is 4.33. The smallest absolute Gasteiger partial charge is 0.337 e. The van der Waals surface area contributed by atoms with Crippen molar-refractivity contribution in [2.45, 2.75) is 13.1 Å². The van der Waals surface area contributed by atoms with Crippen LogP contribution in [-0.2, 0) is 6.18 Å². The van der Waals surface area contributed by atoms with Gasteiger partial charge in [-0.1, -0.05) is 6.07 Å². The van der Waals surface area contributed by atoms with Crippen LogP contribution in [0.25, 0.3) is 22.6 Å². The molecule has 0 fully saturated rings. The Morgan fingerprint density at radius 3 is 2.55 bits per heavy atom. The third-order valence-electron chi connectivity index (χ3n) is 2.97. The van der Waals surface area contributed by atoms with Gasteiger partial charge in [-0.25, -0.2) is 4.98 Å². The van der Waals surface area contributed by atoms with Gasteiger partial charge in [0, 0.05) is 6.20 Å². The van der Waals surface area contributed by atoms with Crippen molar-refractivity contribution in [2.75, 3.05) is 0 Å². The Bertz CT molecular complexity index is 757. The molecule has 0 aliphatic carbocycles. The summed E-state index contributed by atoms with van der Waals surface area (Å²) in [5, 5.41) is 0. The molecule has 0 unspecified atom stereocenters. The molecule has 6 heteroatoms. The van der Waals surface area contributed by atoms with Gasteiger partial charge in [0.05, 0.1) is 16.6 Å². The molecule has 0 saturated heterocycles. The standard InChI is InChI=1S/C14H10F3N3/c1-8-2-4-10-12(6-8)20-13(19-10)11-5-3-9(7-18-11)14(15,16)17/h2-7H,1H3,(H,19,20). The van der Waals surface area contributed by atoms with Gasteiger partial charge in [0.2, 0.25) is 0 Å². The fraction of sp³-hybridized carbons (Fsp3) is 0.143. The number of benzene rings is 1. The predicted octanol–water partition coefficient (Wildman–Crippen LogP) is 3.95. The quantitative estimate of drug-likeness (QED) is 0.731. The Kier molecular flexibility index (Phi) is 2.74. The van der Waals surface area contributed by atoms with E-state index in [1.54, 1.807) is 0 Å². The third kappa shape index (κ3) is 2.24. The fourth-order valence-electron chi connectivity index (χ4n) is 1.95. The maximum Gasteiger partial charge on any atom is 0.417 e. The van der Waals surface area contributed by atoms with Gasteiger partial charge >= 0.3 is 6.18 Å². The summed E-state index contributed by atoms with van der Waals surface area (Å²) in [7, 11) is 0. The van der Waals surface area contributed by atoms with Gasteiger partial charge in [0.1, 0.15) is 5.69 Å². The van der Waals surface area contributed by atoms with Crippen LogP contribution in [0.2, 0.25) is 0 Å². The summed E-state index contributed by atoms with van der Waals surface area (Å²) in [5.74, 6) is 0.458. The molecule has 2 aromatic heterocycles. The molecular formula is C14H10F3N3. The average Bonchev–Trinajstić information content (AvgIpc) is 2.80. The van der Waals surface area contributed by atoms with Crippen molar-refractivity contribution in [3.8, 4) is 11.5 Å². The van der Waals surface area contributed by atoms with E-state index in [2.05, 4.69) is 15.0 Å². The maximum absolute atomic E-state index is 12.5. The molecule has 20 heavy (non-hydrogen) atoms. The minimum atomic E-state index is -4.38. The summed E-state index contributed by atoms with van der Waals surface area (Å²) < 4.78 is 37.4. The molecule has 1 aromatic carbocycles. The summed E-state index contributed by atoms with van der Waals surface area (Å²) in [5.41, 5.74) is 2.28. The van der Waals surface area contributed by atoms with Crippen molar-refractivity contribution < 1.29 is 13.2 Å². The maximum atomic E-state index is 12.5. The van der Waals surface area contributed by atoms with Crippen LogP contribution in [0.4, 0.5) is 13.2 Å². The highest BCUT2D eigenvalue weighted by Crippen LogP contribution is 2.29. The highest BCUT2D eigenvalue weighted by molar-refractivity contribution is 5.79. The summed E-state index contributed by atoms with van der Waals surface area (Å²) in [6, 6.07) is 8.02. The van der Waals surface area contributed by atoms with Gasteiger partial charge in [0.25, 0.3) is 0 Å². The second-order valence-electron chi connectivity index (χ2n) is 4.54. The molecule has 3 nitrogen and oxygen atoms in total. The van der Waals surface area contributed by atoms with Crippen LogP contribution in [-0.4, -0.2) is 15.0 Å². The second-order valence-corrected chi connectivity index (χ2v) is 4.54. The molecule has 0 radical (unpaired) electrons. The van der Waals surface area contributed by atoms with Crippen LogP contribution in [0.5, 0.6) is 0 Å². The molecule has 0 amide bonds. The lowest BCUT2D eigenvalue weighted by Crippen LogP contribution is -2.05. The van der Waals surface area contributed by atoms with Gasteiger partial charge in [0.15, 0.2) is 5.82 Å². The van der Waals surface area contributed by atoms with E-state index in [1.807, 2.05) is 25.1 Å². The Morgan fingerprint density at radius 2 is 1.90 bits per heavy atom. The minimum absolute atomic E-state index is 0.381. The number of aryl methyl sites for hydroxylation is 1. The molecule has 1 N–H and O–H groups in total. The number of alkyl halides is 3. The number of H-pyrrole nitrogens is 1. The predicted molar refractivity (Wildman–Crippen MR) is 69.1 cm³/mol. The van der Waals surface area contributed by atoms with E-state index < -0.39 is 11.7 Å². The molecule has 0 aliphatic rings. The zero-order valence-corrected chi connectivity index (χ0v) is 10.5. The number of nitrogens with zero attached hydrogens (tertiary/aromatic N) is 2. The number of aromatic nitrogens is 3. The molecule has 102 valence electrons. The number of halogens is 3. The molecule has 2 heterocycles. The fourth-order valence-corrected chi connectivity index (χ4v) is 1.95. The average molecular weight is 277 g/mol. The van der Waals surface area contributed by atoms with E-state index in [1.165, 1.54) is 6.07 Å². The summed E-state index contributed by atoms with van der Waals surface area (Å²) in [4.78, 5) is 11.2. The van der Waals surface area contributed by atoms with Crippen molar-refractivity contribution in [1.82, 2.24) is 15.0 Å². The van der Waals surface area contributed by atoms with E-state index in [9.17, 15) is 13.2 Å². The van der Waals surface area contributed by atoms with Crippen molar-refractivity contribution in [3.63, 3.8) is 0 Å². The Hall–Kier alpha value is -2.37. The lowest BCUT2D eigenvalue weighted by Gasteiger charge is -2.05. The first-order chi connectivity index (χ1) is 9.43. The van der Waals surface area contributed by atoms with Crippen molar-refractivity contribution >= 4 is 11.0 Å². The highest BCUT2D eigenvalue weighted by Gasteiger charge is 2.30. The molecule has 0 bridgehead atoms. The number of nitrogens with one attached hydrogen (secondary N) is 1. The lowest BCUT2D eigenvalue weighted by molar-refractivity contribution is -0.137. The van der Waals surface area contributed by atoms with E-state index >= 15 is 0 Å². The molecular weight excluding hydrogens is 267 g/mol. The Balaban J connectivity index is 2.02. The van der Waals surface area contributed by atoms with E-state index in [4.69, 9.17) is 0 Å². The van der Waals surface area contributed by atoms with Crippen LogP contribution in [0, 0.1) is 6.92 Å². The highest BCUT2D eigenvalue weighted by atomic mass is 19.4. The zero-order valence-electron chi connectivity index (χ0n) is 10.5. The monoisotopic (exact) mass is 277 g/mol. The largest absolute Gasteiger partial charge is 0.417 e. The Labute approximate surface area is 112 Å². The molecule has 3 rings (SSSR count). The van der Waals surface area contributed by atoms with E-state index in [-0.39, 0.29) is 0 Å². The van der Waals surface area contributed by atoms with E-state index in [0.717, 1.165) is 28.9 Å². The molecule has 0 atom stereocenters. The van der Waals surface area contributed by atoms with Crippen molar-refractivity contribution in [1.29, 1.82) is 0 Å². The van der Waals surface area contributed by atoms with Gasteiger partial charge in [-0.15, -0.1) is 0 Å². The number of pyridine rings is 1. The molecule has 0 saturated carbocycles. The summed E-state index contributed by atoms with van der Waals surface area (Å²) >= 11 is 0. The van der Waals surface area contributed by atoms with Crippen LogP contribution in [0.15, 0.2) is 36.5 Å². The van der Waals surface area contributed by atoms with Crippen LogP contribution >= 0.6 is 0 Å². The number of hydrogen-bond donors (Lipinski definition) is 1. The van der Waals surface area contributed by atoms with Gasteiger partial charge < -0.3 is 4.98 Å². The summed E-state index contributed by atoms with van der Waals surface area (Å²) in [6.07, 6.45) is -3.57. The first-order valence-corrected chi connectivity index (χ1v) is 5.93. The SMILES string of the molecule is Cc1ccc2nc(-c3ccc(C(F)(F)F)cn3)[nH]c2c1. The van der Waals surface area contributed by atoms with Gasteiger partial charge in [-0.3, -0.25) is 4.98 Å². The molecule has 0 spiro atoms. The number of aromatic amines is 1. The molecule has 0 aliphatic heterocycles. The number of fused-ring (bicyclic) bond motifs is 1. The summed E-state index contributed by atoms with van der Waals surface area (Å²) in [6.45, 7) is 1.95. The number of hydrogen-bond acceptors (Lipinski definition) is 2. The Morgan fingerprint density at radius 1 is 1.10 bits per heavy atom. The first-order valence-electron chi connectivity index (χ1n) is 5.93. The van der Waals surface area contributed by atoms with Gasteiger partial charge in [-0.05, 0) is 36.8 Å². The van der Waals surface area contributed by atoms with E-state index in [0.29, 0.717) is 11.5 Å². The minimum Gasteiger partial charge on any atom is -0.337 e. The van der Waals surface area contributed by atoms with Crippen LogP contribution in [0.3, 0.4) is 0 Å². The molecule has 3 aromatic rings. The lowest BCUT2D eigenvalue weighted by atomic mass is 10.2. The first kappa shape index (κ1) is 12.7. The topological polar surface area (TPSA) is 41.6 Å². The van der Waals surface area contributed by atoms with Gasteiger partial charge in [-0.2, -0.15) is 13.2 Å². The number of rotatable bonds is 1. The van der Waals surface area contributed by atoms with Crippen LogP contribution in [0.1, 0.15) is 11.1 Å². The van der Waals surface area contributed by atoms with Crippen molar-refractivity contribution in [2.24, 2.45) is 0 Å². The third-order valence-corrected chi connectivity index (χ3v) is 2.97. The zero-order chi connectivity index (χ0) is 14.3. The normalized spacial score (nSPS) is 12.0. The van der Waals surface area contributed by atoms with Crippen molar-refractivity contribution in [3.05, 3.63) is 47.7 Å². The van der Waals surface area contributed by atoms with Crippen LogP contribution < -0.4 is 0 Å². The number of imidazole rings is 1.